The fourth-order valence-corrected chi connectivity index (χ4v) is 6.86. The second-order valence-electron chi connectivity index (χ2n) is 13.2. The summed E-state index contributed by atoms with van der Waals surface area (Å²) in [4.78, 5) is 49.4. The Kier molecular flexibility index (Phi) is 9.80. The molecule has 0 radical (unpaired) electrons. The van der Waals surface area contributed by atoms with E-state index in [0.717, 1.165) is 23.0 Å². The fraction of sp³-hybridized carbons (Fsp3) is 0.394. The number of aryl methyl sites for hydroxylation is 2. The van der Waals surface area contributed by atoms with E-state index in [-0.39, 0.29) is 59.2 Å². The minimum absolute atomic E-state index is 0.00484. The molecule has 2 aromatic heterocycles. The molecule has 1 aliphatic heterocycles. The van der Waals surface area contributed by atoms with Gasteiger partial charge in [0.05, 0.1) is 34.7 Å². The number of pyridine rings is 2. The van der Waals surface area contributed by atoms with Crippen LogP contribution in [0.5, 0.6) is 0 Å². The molecule has 0 bridgehead atoms. The van der Waals surface area contributed by atoms with Crippen molar-refractivity contribution < 1.29 is 58.7 Å². The number of carbonyl (C=O) groups is 2. The van der Waals surface area contributed by atoms with Crippen molar-refractivity contribution in [1.29, 1.82) is 0 Å². The Bertz CT molecular complexity index is 2300. The fourth-order valence-electron chi connectivity index (χ4n) is 6.86. The maximum absolute atomic E-state index is 15.0. The third-order valence-electron chi connectivity index (χ3n) is 9.69. The second kappa shape index (κ2) is 13.8. The Morgan fingerprint density at radius 1 is 0.868 bits per heavy atom. The number of aromatic nitrogens is 2. The lowest BCUT2D eigenvalue weighted by Crippen LogP contribution is -2.33. The Morgan fingerprint density at radius 3 is 1.83 bits per heavy atom. The van der Waals surface area contributed by atoms with Crippen molar-refractivity contribution in [3.05, 3.63) is 84.7 Å². The highest BCUT2D eigenvalue weighted by molar-refractivity contribution is 6.38. The Balaban J connectivity index is 0.000000185. The number of aromatic carboxylic acids is 1. The van der Waals surface area contributed by atoms with Gasteiger partial charge in [0, 0.05) is 60.7 Å². The summed E-state index contributed by atoms with van der Waals surface area (Å²) in [5, 5.41) is 8.71. The quantitative estimate of drug-likeness (QED) is 0.189. The standard InChI is InChI=1S/C19H19F4N3O3.C14H9BF5NO3/c1-7-15-8(17(27)10(19(28)29)5-26(15)14-3-11(14)20)2-12(21)16(7)25-4-9(18(22)23)13(24)6-25;1-5-11(18)9(17)2-6-12(5)21(10-3-8(10)16)4-7(13(6)22)14(23)24-15(19)20/h2,5,9,11,13-14,18H,3-4,6,24H2,1H3,(H,28,29);2,4,8,10H,3H2,1H3/t9-,11-,13+,14+;8-,10+/m00/s1. The summed E-state index contributed by atoms with van der Waals surface area (Å²) in [7, 11) is -3.46. The molecular formula is C33H28BF9N4O6. The van der Waals surface area contributed by atoms with E-state index in [1.54, 1.807) is 0 Å². The minimum atomic E-state index is -3.46. The maximum atomic E-state index is 15.0. The Morgan fingerprint density at radius 2 is 1.36 bits per heavy atom. The number of carbonyl (C=O) groups excluding carboxylic acids is 1. The maximum Gasteiger partial charge on any atom is 0.798 e. The van der Waals surface area contributed by atoms with Gasteiger partial charge in [0.15, 0.2) is 11.6 Å². The third-order valence-corrected chi connectivity index (χ3v) is 9.69. The van der Waals surface area contributed by atoms with E-state index in [9.17, 15) is 63.6 Å². The van der Waals surface area contributed by atoms with E-state index in [4.69, 9.17) is 5.73 Å². The van der Waals surface area contributed by atoms with Crippen LogP contribution in [0.3, 0.4) is 0 Å². The van der Waals surface area contributed by atoms with Gasteiger partial charge in [-0.1, -0.05) is 0 Å². The van der Waals surface area contributed by atoms with Crippen LogP contribution in [0.2, 0.25) is 0 Å². The third kappa shape index (κ3) is 6.72. The van der Waals surface area contributed by atoms with Gasteiger partial charge in [0.2, 0.25) is 17.3 Å². The number of halogens is 9. The van der Waals surface area contributed by atoms with Gasteiger partial charge in [-0.15, -0.1) is 0 Å². The first kappa shape index (κ1) is 37.7. The predicted octanol–water partition coefficient (Wildman–Crippen LogP) is 5.41. The van der Waals surface area contributed by atoms with E-state index in [1.807, 2.05) is 0 Å². The number of carboxylic acids is 1. The molecule has 2 saturated carbocycles. The van der Waals surface area contributed by atoms with Gasteiger partial charge < -0.3 is 29.5 Å². The molecule has 0 unspecified atom stereocenters. The molecule has 3 aliphatic rings. The summed E-state index contributed by atoms with van der Waals surface area (Å²) in [6.45, 7) is 2.55. The van der Waals surface area contributed by atoms with Crippen molar-refractivity contribution in [2.45, 2.75) is 63.6 Å². The van der Waals surface area contributed by atoms with Gasteiger partial charge in [-0.25, -0.2) is 49.0 Å². The number of benzene rings is 2. The average Bonchev–Trinajstić information content (AvgIpc) is 3.95. The first-order valence-electron chi connectivity index (χ1n) is 16.0. The molecular weight excluding hydrogens is 730 g/mol. The van der Waals surface area contributed by atoms with Gasteiger partial charge in [0.1, 0.15) is 29.3 Å². The summed E-state index contributed by atoms with van der Waals surface area (Å²) in [6.07, 6.45) is -3.06. The van der Waals surface area contributed by atoms with Crippen LogP contribution >= 0.6 is 0 Å². The van der Waals surface area contributed by atoms with Crippen molar-refractivity contribution in [3.63, 3.8) is 0 Å². The Labute approximate surface area is 292 Å². The second-order valence-corrected chi connectivity index (χ2v) is 13.2. The van der Waals surface area contributed by atoms with Crippen LogP contribution < -0.4 is 21.5 Å². The lowest BCUT2D eigenvalue weighted by Gasteiger charge is -2.24. The summed E-state index contributed by atoms with van der Waals surface area (Å²) >= 11 is 0. The molecule has 2 aromatic carbocycles. The van der Waals surface area contributed by atoms with E-state index < -0.39 is 107 Å². The van der Waals surface area contributed by atoms with Crippen LogP contribution in [0.4, 0.5) is 45.1 Å². The van der Waals surface area contributed by atoms with Gasteiger partial charge in [-0.3, -0.25) is 9.59 Å². The molecule has 3 heterocycles. The van der Waals surface area contributed by atoms with Crippen molar-refractivity contribution in [3.8, 4) is 0 Å². The van der Waals surface area contributed by atoms with E-state index in [1.165, 1.54) is 23.3 Å². The highest BCUT2D eigenvalue weighted by Gasteiger charge is 2.43. The zero-order valence-electron chi connectivity index (χ0n) is 27.6. The number of nitrogens with zero attached hydrogens (tertiary/aromatic N) is 3. The Hall–Kier alpha value is -5.01. The number of anilines is 1. The highest BCUT2D eigenvalue weighted by Crippen LogP contribution is 2.44. The monoisotopic (exact) mass is 758 g/mol. The molecule has 0 amide bonds. The molecule has 1 saturated heterocycles. The van der Waals surface area contributed by atoms with Crippen LogP contribution in [-0.2, 0) is 4.65 Å². The summed E-state index contributed by atoms with van der Waals surface area (Å²) in [5.74, 6) is -7.63. The van der Waals surface area contributed by atoms with Gasteiger partial charge in [-0.2, -0.15) is 0 Å². The first-order valence-corrected chi connectivity index (χ1v) is 16.0. The van der Waals surface area contributed by atoms with Crippen LogP contribution in [-0.4, -0.2) is 71.5 Å². The lowest BCUT2D eigenvalue weighted by molar-refractivity contribution is 0.0682. The number of hydrogen-bond acceptors (Lipinski definition) is 7. The number of hydrogen-bond donors (Lipinski definition) is 2. The number of nitrogens with two attached hydrogens (primary N) is 1. The number of alkyl halides is 4. The van der Waals surface area contributed by atoms with Gasteiger partial charge in [-0.05, 0) is 31.5 Å². The molecule has 7 rings (SSSR count). The lowest BCUT2D eigenvalue weighted by atomic mass is 10.0. The first-order chi connectivity index (χ1) is 24.8. The SMILES string of the molecule is Cc1c(F)c(F)cc2c(=O)c(C(=O)OB(F)F)cn([C@@H]3C[C@@H]3F)c12.Cc1c(N2C[C@@H](N)[C@@H](C(F)F)C2)c(F)cc2c(=O)c(C(=O)O)cn([C@@H]3C[C@@H]3F)c12. The summed E-state index contributed by atoms with van der Waals surface area (Å²) in [6, 6.07) is -0.845. The summed E-state index contributed by atoms with van der Waals surface area (Å²) < 4.78 is 127. The zero-order chi connectivity index (χ0) is 39.0. The van der Waals surface area contributed by atoms with Crippen molar-refractivity contribution in [2.24, 2.45) is 11.7 Å². The predicted molar refractivity (Wildman–Crippen MR) is 173 cm³/mol. The zero-order valence-corrected chi connectivity index (χ0v) is 27.6. The number of rotatable bonds is 7. The molecule has 4 aromatic rings. The van der Waals surface area contributed by atoms with Crippen LogP contribution in [0, 0.1) is 37.2 Å². The normalized spacial score (nSPS) is 23.3. The van der Waals surface area contributed by atoms with E-state index in [2.05, 4.69) is 4.65 Å². The molecule has 0 spiro atoms. The molecule has 6 atom stereocenters. The minimum Gasteiger partial charge on any atom is -0.477 e. The van der Waals surface area contributed by atoms with Crippen LogP contribution in [0.1, 0.15) is 56.8 Å². The molecule has 53 heavy (non-hydrogen) atoms. The molecule has 3 fully saturated rings. The van der Waals surface area contributed by atoms with E-state index in [0.29, 0.717) is 6.07 Å². The average molecular weight is 758 g/mol. The van der Waals surface area contributed by atoms with Crippen molar-refractivity contribution in [2.75, 3.05) is 18.0 Å². The smallest absolute Gasteiger partial charge is 0.477 e. The number of carboxylic acid groups (broad SMARTS) is 1. The highest BCUT2D eigenvalue weighted by atomic mass is 19.3. The molecule has 3 N–H and O–H groups in total. The molecule has 2 aliphatic carbocycles. The van der Waals surface area contributed by atoms with Crippen molar-refractivity contribution in [1.82, 2.24) is 9.13 Å². The van der Waals surface area contributed by atoms with Crippen LogP contribution in [0.15, 0.2) is 34.1 Å². The van der Waals surface area contributed by atoms with Crippen LogP contribution in [0.25, 0.3) is 21.8 Å². The largest absolute Gasteiger partial charge is 0.798 e. The van der Waals surface area contributed by atoms with Gasteiger partial charge >= 0.3 is 19.4 Å². The van der Waals surface area contributed by atoms with Crippen molar-refractivity contribution >= 4 is 46.9 Å². The molecule has 282 valence electrons. The molecule has 10 nitrogen and oxygen atoms in total. The van der Waals surface area contributed by atoms with Gasteiger partial charge in [0.25, 0.3) is 0 Å². The number of fused-ring (bicyclic) bond motifs is 2. The molecule has 20 heteroatoms. The topological polar surface area (TPSA) is 137 Å². The summed E-state index contributed by atoms with van der Waals surface area (Å²) in [5.41, 5.74) is 2.60. The van der Waals surface area contributed by atoms with E-state index >= 15 is 0 Å².